The second-order valence-corrected chi connectivity index (χ2v) is 9.96. The number of aliphatic carboxylic acids is 3. The van der Waals surface area contributed by atoms with E-state index in [4.69, 9.17) is 15.3 Å². The summed E-state index contributed by atoms with van der Waals surface area (Å²) in [5.74, 6) is -2.48. The summed E-state index contributed by atoms with van der Waals surface area (Å²) in [5, 5.41) is 27.2. The van der Waals surface area contributed by atoms with Crippen molar-refractivity contribution in [3.8, 4) is 0 Å². The summed E-state index contributed by atoms with van der Waals surface area (Å²) in [6.07, 6.45) is 21.0. The number of carbonyl (C=O) groups is 3. The minimum absolute atomic E-state index is 0.0891. The summed E-state index contributed by atoms with van der Waals surface area (Å²) in [6, 6.07) is 0. The van der Waals surface area contributed by atoms with Crippen LogP contribution < -0.4 is 0 Å². The summed E-state index contributed by atoms with van der Waals surface area (Å²) in [5.41, 5.74) is 0. The number of rotatable bonds is 26. The molecule has 7 nitrogen and oxygen atoms in total. The Morgan fingerprint density at radius 3 is 1.26 bits per heavy atom. The minimum Gasteiger partial charge on any atom is -0.481 e. The molecule has 0 spiro atoms. The fraction of sp³-hybridized carbons (Fsp3) is 0.821. The van der Waals surface area contributed by atoms with Crippen molar-refractivity contribution in [2.75, 3.05) is 26.2 Å². The zero-order valence-corrected chi connectivity index (χ0v) is 22.2. The molecule has 0 fully saturated rings. The van der Waals surface area contributed by atoms with Crippen LogP contribution in [0.15, 0.2) is 12.2 Å². The van der Waals surface area contributed by atoms with Gasteiger partial charge in [0.15, 0.2) is 0 Å². The Labute approximate surface area is 213 Å². The lowest BCUT2D eigenvalue weighted by molar-refractivity contribution is -0.929. The van der Waals surface area contributed by atoms with Crippen molar-refractivity contribution in [2.45, 2.75) is 122 Å². The molecule has 0 saturated carbocycles. The molecule has 0 aromatic heterocycles. The van der Waals surface area contributed by atoms with Crippen LogP contribution in [-0.2, 0) is 14.4 Å². The number of unbranched alkanes of at least 4 members (excludes halogenated alkanes) is 10. The van der Waals surface area contributed by atoms with Crippen LogP contribution in [0, 0.1) is 0 Å². The molecule has 0 aliphatic carbocycles. The third-order valence-corrected chi connectivity index (χ3v) is 6.71. The lowest BCUT2D eigenvalue weighted by atomic mass is 10.1. The van der Waals surface area contributed by atoms with E-state index < -0.39 is 17.9 Å². The van der Waals surface area contributed by atoms with E-state index in [9.17, 15) is 14.4 Å². The summed E-state index contributed by atoms with van der Waals surface area (Å²) in [4.78, 5) is 33.1. The molecule has 0 aromatic carbocycles. The first-order valence-corrected chi connectivity index (χ1v) is 14.0. The summed E-state index contributed by atoms with van der Waals surface area (Å²) in [7, 11) is 0. The van der Waals surface area contributed by atoms with Gasteiger partial charge in [0.1, 0.15) is 0 Å². The van der Waals surface area contributed by atoms with Crippen LogP contribution in [0.25, 0.3) is 0 Å². The molecule has 35 heavy (non-hydrogen) atoms. The number of hydrogen-bond acceptors (Lipinski definition) is 3. The molecule has 0 aliphatic rings. The molecule has 7 heteroatoms. The molecule has 0 rings (SSSR count). The van der Waals surface area contributed by atoms with E-state index in [0.29, 0.717) is 43.4 Å². The van der Waals surface area contributed by atoms with Gasteiger partial charge in [0.25, 0.3) is 0 Å². The van der Waals surface area contributed by atoms with Gasteiger partial charge >= 0.3 is 17.9 Å². The van der Waals surface area contributed by atoms with Gasteiger partial charge in [0.05, 0.1) is 45.4 Å². The second kappa shape index (κ2) is 22.6. The van der Waals surface area contributed by atoms with Crippen molar-refractivity contribution < 1.29 is 34.2 Å². The number of allylic oxidation sites excluding steroid dienone is 2. The third-order valence-electron chi connectivity index (χ3n) is 6.71. The first kappa shape index (κ1) is 33.1. The van der Waals surface area contributed by atoms with Gasteiger partial charge in [0, 0.05) is 19.3 Å². The van der Waals surface area contributed by atoms with E-state index in [1.807, 2.05) is 0 Å². The first-order valence-electron chi connectivity index (χ1n) is 14.0. The number of carboxylic acid groups (broad SMARTS) is 3. The molecule has 0 amide bonds. The van der Waals surface area contributed by atoms with Crippen molar-refractivity contribution in [1.82, 2.24) is 0 Å². The zero-order chi connectivity index (χ0) is 26.2. The predicted molar refractivity (Wildman–Crippen MR) is 141 cm³/mol. The molecule has 0 unspecified atom stereocenters. The molecular formula is C28H52NO6+. The smallest absolute Gasteiger partial charge is 0.303 e. The molecule has 0 aromatic rings. The number of carboxylic acids is 3. The number of quaternary nitrogens is 1. The normalized spacial score (nSPS) is 11.8. The predicted octanol–water partition coefficient (Wildman–Crippen LogP) is 6.65. The average molecular weight is 499 g/mol. The molecule has 204 valence electrons. The van der Waals surface area contributed by atoms with E-state index in [1.54, 1.807) is 0 Å². The summed E-state index contributed by atoms with van der Waals surface area (Å²) < 4.78 is 0.637. The first-order chi connectivity index (χ1) is 16.8. The van der Waals surface area contributed by atoms with Gasteiger partial charge in [-0.15, -0.1) is 0 Å². The standard InChI is InChI=1S/C28H51NO6/c1-2-3-4-5-6-7-8-9-10-11-12-13-14-15-22-29(23-16-19-26(30)31,24-17-20-27(32)33)25-18-21-28(34)35/h6-7H,2-5,8-25H2,1H3,(H2-,30,31,32,33,34,35)/p+1/b7-6+. The Bertz CT molecular complexity index is 540. The van der Waals surface area contributed by atoms with Gasteiger partial charge in [-0.1, -0.05) is 57.6 Å². The number of hydrogen-bond donors (Lipinski definition) is 3. The molecule has 0 saturated heterocycles. The Morgan fingerprint density at radius 2 is 0.857 bits per heavy atom. The monoisotopic (exact) mass is 498 g/mol. The van der Waals surface area contributed by atoms with Crippen molar-refractivity contribution in [1.29, 1.82) is 0 Å². The largest absolute Gasteiger partial charge is 0.481 e. The Balaban J connectivity index is 4.41. The summed E-state index contributed by atoms with van der Waals surface area (Å²) >= 11 is 0. The lowest BCUT2D eigenvalue weighted by Gasteiger charge is -2.39. The molecule has 3 N–H and O–H groups in total. The van der Waals surface area contributed by atoms with Crippen molar-refractivity contribution >= 4 is 17.9 Å². The summed E-state index contributed by atoms with van der Waals surface area (Å²) in [6.45, 7) is 5.08. The van der Waals surface area contributed by atoms with Gasteiger partial charge in [-0.3, -0.25) is 14.4 Å². The number of nitrogens with zero attached hydrogens (tertiary/aromatic N) is 1. The Morgan fingerprint density at radius 1 is 0.514 bits per heavy atom. The molecule has 0 bridgehead atoms. The average Bonchev–Trinajstić information content (AvgIpc) is 2.78. The maximum absolute atomic E-state index is 11.0. The third kappa shape index (κ3) is 22.3. The quantitative estimate of drug-likeness (QED) is 0.0699. The van der Waals surface area contributed by atoms with Crippen molar-refractivity contribution in [2.24, 2.45) is 0 Å². The van der Waals surface area contributed by atoms with E-state index in [-0.39, 0.29) is 19.3 Å². The SMILES string of the molecule is CCCCC/C=C/CCCCCCCCC[N+](CCCC(=O)O)(CCCC(=O)O)CCCC(=O)O. The lowest BCUT2D eigenvalue weighted by Crippen LogP contribution is -2.51. The highest BCUT2D eigenvalue weighted by Gasteiger charge is 2.27. The molecule has 0 aliphatic heterocycles. The van der Waals surface area contributed by atoms with Crippen LogP contribution in [0.3, 0.4) is 0 Å². The van der Waals surface area contributed by atoms with Gasteiger partial charge in [-0.25, -0.2) is 0 Å². The Hall–Kier alpha value is -1.89. The van der Waals surface area contributed by atoms with E-state index in [2.05, 4.69) is 19.1 Å². The second-order valence-electron chi connectivity index (χ2n) is 9.96. The van der Waals surface area contributed by atoms with Crippen LogP contribution in [0.5, 0.6) is 0 Å². The molecule has 0 heterocycles. The van der Waals surface area contributed by atoms with Gasteiger partial charge in [0.2, 0.25) is 0 Å². The highest BCUT2D eigenvalue weighted by atomic mass is 16.4. The Kier molecular flexibility index (Phi) is 21.3. The van der Waals surface area contributed by atoms with Crippen LogP contribution in [0.4, 0.5) is 0 Å². The maximum Gasteiger partial charge on any atom is 0.303 e. The zero-order valence-electron chi connectivity index (χ0n) is 22.2. The van der Waals surface area contributed by atoms with Crippen molar-refractivity contribution in [3.05, 3.63) is 12.2 Å². The molecule has 0 radical (unpaired) electrons. The minimum atomic E-state index is -0.828. The molecular weight excluding hydrogens is 446 g/mol. The van der Waals surface area contributed by atoms with Gasteiger partial charge in [-0.2, -0.15) is 0 Å². The van der Waals surface area contributed by atoms with Crippen molar-refractivity contribution in [3.63, 3.8) is 0 Å². The van der Waals surface area contributed by atoms with Crippen LogP contribution >= 0.6 is 0 Å². The van der Waals surface area contributed by atoms with Crippen LogP contribution in [-0.4, -0.2) is 63.9 Å². The van der Waals surface area contributed by atoms with Gasteiger partial charge in [-0.05, 0) is 38.5 Å². The fourth-order valence-corrected chi connectivity index (χ4v) is 4.71. The topological polar surface area (TPSA) is 112 Å². The van der Waals surface area contributed by atoms with E-state index in [0.717, 1.165) is 19.4 Å². The van der Waals surface area contributed by atoms with E-state index in [1.165, 1.54) is 64.2 Å². The maximum atomic E-state index is 11.0. The molecule has 0 atom stereocenters. The highest BCUT2D eigenvalue weighted by Crippen LogP contribution is 2.18. The van der Waals surface area contributed by atoms with Gasteiger partial charge < -0.3 is 19.8 Å². The highest BCUT2D eigenvalue weighted by molar-refractivity contribution is 5.67. The van der Waals surface area contributed by atoms with Crippen LogP contribution in [0.2, 0.25) is 0 Å². The van der Waals surface area contributed by atoms with Crippen LogP contribution in [0.1, 0.15) is 122 Å². The van der Waals surface area contributed by atoms with E-state index >= 15 is 0 Å². The fourth-order valence-electron chi connectivity index (χ4n) is 4.71.